The molecule has 1 aliphatic heterocycles. The predicted octanol–water partition coefficient (Wildman–Crippen LogP) is 1.82. The molecule has 0 aromatic carbocycles. The SMILES string of the molecule is CCC(CC)CNC1(CN)CCN(C(C)C)C1. The number of hydrogen-bond acceptors (Lipinski definition) is 3. The lowest BCUT2D eigenvalue weighted by atomic mass is 9.96. The van der Waals surface area contributed by atoms with Gasteiger partial charge in [0, 0.05) is 31.2 Å². The van der Waals surface area contributed by atoms with Crippen LogP contribution in [0.4, 0.5) is 0 Å². The van der Waals surface area contributed by atoms with Gasteiger partial charge < -0.3 is 11.1 Å². The highest BCUT2D eigenvalue weighted by Gasteiger charge is 2.37. The summed E-state index contributed by atoms with van der Waals surface area (Å²) >= 11 is 0. The fourth-order valence-corrected chi connectivity index (χ4v) is 2.67. The molecule has 1 rings (SSSR count). The van der Waals surface area contributed by atoms with Crippen molar-refractivity contribution in [2.24, 2.45) is 11.7 Å². The molecule has 1 fully saturated rings. The Morgan fingerprint density at radius 2 is 1.94 bits per heavy atom. The van der Waals surface area contributed by atoms with E-state index in [0.717, 1.165) is 25.6 Å². The Morgan fingerprint density at radius 3 is 2.35 bits per heavy atom. The van der Waals surface area contributed by atoms with Gasteiger partial charge in [0.05, 0.1) is 0 Å². The maximum atomic E-state index is 6.01. The minimum absolute atomic E-state index is 0.173. The zero-order valence-corrected chi connectivity index (χ0v) is 12.1. The van der Waals surface area contributed by atoms with E-state index in [-0.39, 0.29) is 5.54 Å². The third-order valence-electron chi connectivity index (χ3n) is 4.42. The summed E-state index contributed by atoms with van der Waals surface area (Å²) in [5.74, 6) is 0.798. The van der Waals surface area contributed by atoms with Gasteiger partial charge in [0.1, 0.15) is 0 Å². The normalized spacial score (nSPS) is 26.3. The van der Waals surface area contributed by atoms with Crippen molar-refractivity contribution in [3.8, 4) is 0 Å². The van der Waals surface area contributed by atoms with Crippen molar-refractivity contribution < 1.29 is 0 Å². The Balaban J connectivity index is 2.48. The summed E-state index contributed by atoms with van der Waals surface area (Å²) in [6, 6.07) is 0.637. The molecule has 1 aliphatic rings. The van der Waals surface area contributed by atoms with E-state index >= 15 is 0 Å². The summed E-state index contributed by atoms with van der Waals surface area (Å²) in [7, 11) is 0. The van der Waals surface area contributed by atoms with Crippen molar-refractivity contribution >= 4 is 0 Å². The van der Waals surface area contributed by atoms with Gasteiger partial charge in [0.15, 0.2) is 0 Å². The number of nitrogens with zero attached hydrogens (tertiary/aromatic N) is 1. The van der Waals surface area contributed by atoms with Gasteiger partial charge in [0.2, 0.25) is 0 Å². The third kappa shape index (κ3) is 3.94. The van der Waals surface area contributed by atoms with E-state index in [2.05, 4.69) is 37.9 Å². The smallest absolute Gasteiger partial charge is 0.0445 e. The van der Waals surface area contributed by atoms with Crippen LogP contribution in [-0.4, -0.2) is 42.7 Å². The van der Waals surface area contributed by atoms with Gasteiger partial charge in [-0.2, -0.15) is 0 Å². The molecule has 3 nitrogen and oxygen atoms in total. The molecule has 0 radical (unpaired) electrons. The van der Waals surface area contributed by atoms with Gasteiger partial charge in [-0.05, 0) is 32.7 Å². The van der Waals surface area contributed by atoms with Gasteiger partial charge in [-0.25, -0.2) is 0 Å². The largest absolute Gasteiger partial charge is 0.329 e. The maximum absolute atomic E-state index is 6.01. The molecule has 0 aromatic rings. The van der Waals surface area contributed by atoms with Gasteiger partial charge in [-0.3, -0.25) is 4.90 Å². The molecular weight excluding hydrogens is 210 g/mol. The van der Waals surface area contributed by atoms with Crippen LogP contribution < -0.4 is 11.1 Å². The summed E-state index contributed by atoms with van der Waals surface area (Å²) in [6.07, 6.45) is 3.72. The lowest BCUT2D eigenvalue weighted by Gasteiger charge is -2.32. The topological polar surface area (TPSA) is 41.3 Å². The first-order valence-electron chi connectivity index (χ1n) is 7.26. The molecule has 3 heteroatoms. The van der Waals surface area contributed by atoms with Crippen LogP contribution in [0.2, 0.25) is 0 Å². The minimum Gasteiger partial charge on any atom is -0.329 e. The first-order chi connectivity index (χ1) is 8.06. The molecule has 1 atom stereocenters. The second-order valence-corrected chi connectivity index (χ2v) is 5.86. The first-order valence-corrected chi connectivity index (χ1v) is 7.26. The van der Waals surface area contributed by atoms with E-state index < -0.39 is 0 Å². The summed E-state index contributed by atoms with van der Waals surface area (Å²) in [5, 5.41) is 3.76. The number of nitrogens with one attached hydrogen (secondary N) is 1. The molecule has 1 unspecified atom stereocenters. The van der Waals surface area contributed by atoms with Crippen LogP contribution in [0.25, 0.3) is 0 Å². The van der Waals surface area contributed by atoms with Crippen molar-refractivity contribution in [1.29, 1.82) is 0 Å². The van der Waals surface area contributed by atoms with E-state index in [1.807, 2.05) is 0 Å². The highest BCUT2D eigenvalue weighted by Crippen LogP contribution is 2.23. The van der Waals surface area contributed by atoms with Crippen LogP contribution in [0.15, 0.2) is 0 Å². The fourth-order valence-electron chi connectivity index (χ4n) is 2.67. The summed E-state index contributed by atoms with van der Waals surface area (Å²) in [5.41, 5.74) is 6.18. The van der Waals surface area contributed by atoms with Crippen LogP contribution in [0.1, 0.15) is 47.0 Å². The van der Waals surface area contributed by atoms with Crippen LogP contribution in [0.5, 0.6) is 0 Å². The molecular formula is C14H31N3. The molecule has 0 aromatic heterocycles. The summed E-state index contributed by atoms with van der Waals surface area (Å²) in [6.45, 7) is 13.3. The fraction of sp³-hybridized carbons (Fsp3) is 1.00. The van der Waals surface area contributed by atoms with E-state index in [1.165, 1.54) is 25.8 Å². The van der Waals surface area contributed by atoms with E-state index in [1.54, 1.807) is 0 Å². The Hall–Kier alpha value is -0.120. The van der Waals surface area contributed by atoms with Crippen LogP contribution in [0, 0.1) is 5.92 Å². The van der Waals surface area contributed by atoms with E-state index in [9.17, 15) is 0 Å². The molecule has 0 amide bonds. The minimum atomic E-state index is 0.173. The molecule has 1 heterocycles. The van der Waals surface area contributed by atoms with Crippen LogP contribution >= 0.6 is 0 Å². The summed E-state index contributed by atoms with van der Waals surface area (Å²) < 4.78 is 0. The highest BCUT2D eigenvalue weighted by atomic mass is 15.2. The molecule has 0 bridgehead atoms. The van der Waals surface area contributed by atoms with Gasteiger partial charge in [-0.15, -0.1) is 0 Å². The second-order valence-electron chi connectivity index (χ2n) is 5.86. The third-order valence-corrected chi connectivity index (χ3v) is 4.42. The van der Waals surface area contributed by atoms with Crippen molar-refractivity contribution in [2.45, 2.75) is 58.5 Å². The number of nitrogens with two attached hydrogens (primary N) is 1. The van der Waals surface area contributed by atoms with Crippen LogP contribution in [0.3, 0.4) is 0 Å². The Labute approximate surface area is 107 Å². The summed E-state index contributed by atoms with van der Waals surface area (Å²) in [4.78, 5) is 2.53. The average Bonchev–Trinajstić information content (AvgIpc) is 2.76. The lowest BCUT2D eigenvalue weighted by Crippen LogP contribution is -2.54. The molecule has 0 spiro atoms. The molecule has 0 saturated carbocycles. The zero-order valence-electron chi connectivity index (χ0n) is 12.1. The van der Waals surface area contributed by atoms with Crippen LogP contribution in [-0.2, 0) is 0 Å². The monoisotopic (exact) mass is 241 g/mol. The zero-order chi connectivity index (χ0) is 12.9. The van der Waals surface area contributed by atoms with Crippen molar-refractivity contribution in [3.05, 3.63) is 0 Å². The molecule has 17 heavy (non-hydrogen) atoms. The lowest BCUT2D eigenvalue weighted by molar-refractivity contribution is 0.235. The van der Waals surface area contributed by atoms with Gasteiger partial charge in [-0.1, -0.05) is 26.7 Å². The molecule has 0 aliphatic carbocycles. The highest BCUT2D eigenvalue weighted by molar-refractivity contribution is 4.99. The van der Waals surface area contributed by atoms with Crippen molar-refractivity contribution in [1.82, 2.24) is 10.2 Å². The number of rotatable bonds is 7. The Morgan fingerprint density at radius 1 is 1.29 bits per heavy atom. The van der Waals surface area contributed by atoms with Gasteiger partial charge >= 0.3 is 0 Å². The maximum Gasteiger partial charge on any atom is 0.0445 e. The average molecular weight is 241 g/mol. The predicted molar refractivity (Wildman–Crippen MR) is 75.2 cm³/mol. The molecule has 3 N–H and O–H groups in total. The second kappa shape index (κ2) is 6.72. The standard InChI is InChI=1S/C14H31N3/c1-5-13(6-2)9-16-14(10-15)7-8-17(11-14)12(3)4/h12-13,16H,5-11,15H2,1-4H3. The molecule has 1 saturated heterocycles. The number of hydrogen-bond donors (Lipinski definition) is 2. The Kier molecular flexibility index (Phi) is 5.90. The first kappa shape index (κ1) is 14.9. The van der Waals surface area contributed by atoms with E-state index in [4.69, 9.17) is 5.73 Å². The molecule has 102 valence electrons. The quantitative estimate of drug-likeness (QED) is 0.714. The van der Waals surface area contributed by atoms with Crippen molar-refractivity contribution in [2.75, 3.05) is 26.2 Å². The van der Waals surface area contributed by atoms with Gasteiger partial charge in [0.25, 0.3) is 0 Å². The number of likely N-dealkylation sites (tertiary alicyclic amines) is 1. The van der Waals surface area contributed by atoms with Crippen molar-refractivity contribution in [3.63, 3.8) is 0 Å². The Bertz CT molecular complexity index is 214. The van der Waals surface area contributed by atoms with E-state index in [0.29, 0.717) is 6.04 Å².